The third kappa shape index (κ3) is 3.02. The summed E-state index contributed by atoms with van der Waals surface area (Å²) in [6, 6.07) is 6.16. The second kappa shape index (κ2) is 5.42. The van der Waals surface area contributed by atoms with Gasteiger partial charge in [0.05, 0.1) is 17.8 Å². The summed E-state index contributed by atoms with van der Waals surface area (Å²) in [7, 11) is -0.330. The fourth-order valence-electron chi connectivity index (χ4n) is 2.20. The van der Waals surface area contributed by atoms with E-state index in [4.69, 9.17) is 14.0 Å². The molecule has 0 spiro atoms. The van der Waals surface area contributed by atoms with Crippen molar-refractivity contribution in [2.24, 2.45) is 0 Å². The highest BCUT2D eigenvalue weighted by Crippen LogP contribution is 2.36. The van der Waals surface area contributed by atoms with Crippen LogP contribution in [-0.2, 0) is 9.31 Å². The Balaban J connectivity index is 2.23. The molecule has 1 aromatic rings. The highest BCUT2D eigenvalue weighted by Gasteiger charge is 2.51. The van der Waals surface area contributed by atoms with E-state index in [1.54, 1.807) is 0 Å². The molecule has 20 heavy (non-hydrogen) atoms. The van der Waals surface area contributed by atoms with Crippen LogP contribution in [0.2, 0.25) is 0 Å². The number of rotatable bonds is 4. The number of hydrogen-bond acceptors (Lipinski definition) is 3. The first-order chi connectivity index (χ1) is 9.25. The monoisotopic (exact) mass is 276 g/mol. The summed E-state index contributed by atoms with van der Waals surface area (Å²) in [4.78, 5) is 0. The molecule has 1 aliphatic heterocycles. The highest BCUT2D eigenvalue weighted by atomic mass is 16.7. The van der Waals surface area contributed by atoms with Gasteiger partial charge >= 0.3 is 7.12 Å². The summed E-state index contributed by atoms with van der Waals surface area (Å²) in [6.45, 7) is 13.2. The molecule has 3 nitrogen and oxygen atoms in total. The smallest absolute Gasteiger partial charge is 0.494 e. The van der Waals surface area contributed by atoms with Gasteiger partial charge < -0.3 is 14.0 Å². The summed E-state index contributed by atoms with van der Waals surface area (Å²) in [6.07, 6.45) is 1.000. The summed E-state index contributed by atoms with van der Waals surface area (Å²) >= 11 is 0. The highest BCUT2D eigenvalue weighted by molar-refractivity contribution is 6.62. The summed E-state index contributed by atoms with van der Waals surface area (Å²) < 4.78 is 17.9. The molecule has 2 rings (SSSR count). The number of ether oxygens (including phenoxy) is 1. The standard InChI is InChI=1S/C16H25BO3/c1-7-8-18-14-10-12(2)9-13(11-14)17-19-15(3,4)16(5,6)20-17/h9-11H,7-8H2,1-6H3. The Morgan fingerprint density at radius 1 is 1.05 bits per heavy atom. The van der Waals surface area contributed by atoms with Crippen molar-refractivity contribution in [1.82, 2.24) is 0 Å². The van der Waals surface area contributed by atoms with Crippen molar-refractivity contribution in [3.05, 3.63) is 23.8 Å². The summed E-state index contributed by atoms with van der Waals surface area (Å²) in [5.41, 5.74) is 1.55. The number of aryl methyl sites for hydroxylation is 1. The molecule has 0 unspecified atom stereocenters. The number of hydrogen-bond donors (Lipinski definition) is 0. The Morgan fingerprint density at radius 3 is 2.20 bits per heavy atom. The average molecular weight is 276 g/mol. The van der Waals surface area contributed by atoms with E-state index in [2.05, 4.69) is 47.6 Å². The molecular formula is C16H25BO3. The van der Waals surface area contributed by atoms with E-state index in [0.29, 0.717) is 0 Å². The minimum atomic E-state index is -0.330. The van der Waals surface area contributed by atoms with Crippen molar-refractivity contribution in [3.8, 4) is 5.75 Å². The first-order valence-electron chi connectivity index (χ1n) is 7.35. The molecule has 110 valence electrons. The predicted molar refractivity (Wildman–Crippen MR) is 82.7 cm³/mol. The van der Waals surface area contributed by atoms with E-state index < -0.39 is 0 Å². The van der Waals surface area contributed by atoms with Crippen molar-refractivity contribution in [2.45, 2.75) is 59.2 Å². The molecule has 1 aliphatic rings. The van der Waals surface area contributed by atoms with Crippen LogP contribution in [0.3, 0.4) is 0 Å². The zero-order chi connectivity index (χ0) is 15.0. The molecule has 0 amide bonds. The van der Waals surface area contributed by atoms with Crippen molar-refractivity contribution < 1.29 is 14.0 Å². The lowest BCUT2D eigenvalue weighted by Crippen LogP contribution is -2.41. The average Bonchev–Trinajstić information content (AvgIpc) is 2.55. The van der Waals surface area contributed by atoms with E-state index in [1.807, 2.05) is 12.1 Å². The van der Waals surface area contributed by atoms with Gasteiger partial charge in [0, 0.05) is 0 Å². The van der Waals surface area contributed by atoms with E-state index >= 15 is 0 Å². The second-order valence-electron chi connectivity index (χ2n) is 6.52. The molecule has 1 fully saturated rings. The Bertz CT molecular complexity index is 467. The molecule has 0 saturated carbocycles. The van der Waals surface area contributed by atoms with Crippen LogP contribution in [0.4, 0.5) is 0 Å². The summed E-state index contributed by atoms with van der Waals surface area (Å²) in [5, 5.41) is 0. The van der Waals surface area contributed by atoms with Crippen LogP contribution >= 0.6 is 0 Å². The van der Waals surface area contributed by atoms with Gasteiger partial charge in [0.1, 0.15) is 5.75 Å². The SMILES string of the molecule is CCCOc1cc(C)cc(B2OC(C)(C)C(C)(C)O2)c1. The zero-order valence-corrected chi connectivity index (χ0v) is 13.4. The maximum Gasteiger partial charge on any atom is 0.494 e. The van der Waals surface area contributed by atoms with Gasteiger partial charge in [0.2, 0.25) is 0 Å². The normalized spacial score (nSPS) is 20.2. The topological polar surface area (TPSA) is 27.7 Å². The van der Waals surface area contributed by atoms with E-state index in [0.717, 1.165) is 29.8 Å². The van der Waals surface area contributed by atoms with Gasteiger partial charge in [-0.3, -0.25) is 0 Å². The molecule has 1 saturated heterocycles. The molecule has 1 heterocycles. The third-order valence-corrected chi connectivity index (χ3v) is 4.07. The van der Waals surface area contributed by atoms with E-state index in [-0.39, 0.29) is 18.3 Å². The molecule has 0 atom stereocenters. The van der Waals surface area contributed by atoms with E-state index in [9.17, 15) is 0 Å². The van der Waals surface area contributed by atoms with Crippen LogP contribution in [0.5, 0.6) is 5.75 Å². The fraction of sp³-hybridized carbons (Fsp3) is 0.625. The van der Waals surface area contributed by atoms with Gasteiger partial charge in [-0.2, -0.15) is 0 Å². The van der Waals surface area contributed by atoms with Gasteiger partial charge in [-0.1, -0.05) is 13.0 Å². The molecule has 0 aromatic heterocycles. The van der Waals surface area contributed by atoms with Crippen molar-refractivity contribution in [3.63, 3.8) is 0 Å². The number of benzene rings is 1. The lowest BCUT2D eigenvalue weighted by Gasteiger charge is -2.32. The predicted octanol–water partition coefficient (Wildman–Crippen LogP) is 3.08. The van der Waals surface area contributed by atoms with Crippen LogP contribution in [0.15, 0.2) is 18.2 Å². The van der Waals surface area contributed by atoms with Gasteiger partial charge in [0.25, 0.3) is 0 Å². The van der Waals surface area contributed by atoms with Crippen molar-refractivity contribution in [2.75, 3.05) is 6.61 Å². The Labute approximate surface area is 122 Å². The van der Waals surface area contributed by atoms with Crippen LogP contribution in [0.25, 0.3) is 0 Å². The molecule has 0 aliphatic carbocycles. The maximum atomic E-state index is 6.09. The quantitative estimate of drug-likeness (QED) is 0.791. The second-order valence-corrected chi connectivity index (χ2v) is 6.52. The first-order valence-corrected chi connectivity index (χ1v) is 7.35. The summed E-state index contributed by atoms with van der Waals surface area (Å²) in [5.74, 6) is 0.886. The van der Waals surface area contributed by atoms with Crippen LogP contribution in [0.1, 0.15) is 46.6 Å². The van der Waals surface area contributed by atoms with Gasteiger partial charge in [-0.15, -0.1) is 0 Å². The molecule has 4 heteroatoms. The Kier molecular flexibility index (Phi) is 4.17. The van der Waals surface area contributed by atoms with Gasteiger partial charge in [-0.25, -0.2) is 0 Å². The lowest BCUT2D eigenvalue weighted by atomic mass is 9.78. The fourth-order valence-corrected chi connectivity index (χ4v) is 2.20. The van der Waals surface area contributed by atoms with Crippen LogP contribution in [0, 0.1) is 6.92 Å². The minimum absolute atomic E-state index is 0.314. The Hall–Kier alpha value is -0.995. The molecule has 0 radical (unpaired) electrons. The van der Waals surface area contributed by atoms with Crippen molar-refractivity contribution >= 4 is 12.6 Å². The van der Waals surface area contributed by atoms with Gasteiger partial charge in [-0.05, 0) is 64.2 Å². The molecule has 1 aromatic carbocycles. The molecular weight excluding hydrogens is 251 g/mol. The van der Waals surface area contributed by atoms with Crippen molar-refractivity contribution in [1.29, 1.82) is 0 Å². The Morgan fingerprint density at radius 2 is 1.65 bits per heavy atom. The van der Waals surface area contributed by atoms with E-state index in [1.165, 1.54) is 0 Å². The minimum Gasteiger partial charge on any atom is -0.494 e. The van der Waals surface area contributed by atoms with Crippen LogP contribution < -0.4 is 10.2 Å². The van der Waals surface area contributed by atoms with Crippen LogP contribution in [-0.4, -0.2) is 24.9 Å². The first kappa shape index (κ1) is 15.4. The molecule has 0 bridgehead atoms. The lowest BCUT2D eigenvalue weighted by molar-refractivity contribution is 0.00578. The van der Waals surface area contributed by atoms with Gasteiger partial charge in [0.15, 0.2) is 0 Å². The third-order valence-electron chi connectivity index (χ3n) is 4.07. The maximum absolute atomic E-state index is 6.09. The largest absolute Gasteiger partial charge is 0.494 e. The zero-order valence-electron chi connectivity index (χ0n) is 13.4. The molecule has 0 N–H and O–H groups in total.